The number of benzene rings is 2. The number of nitrogens with one attached hydrogen (secondary N) is 1. The summed E-state index contributed by atoms with van der Waals surface area (Å²) in [5.74, 6) is 1.38. The van der Waals surface area contributed by atoms with Gasteiger partial charge in [0, 0.05) is 41.7 Å². The first-order chi connectivity index (χ1) is 12.7. The van der Waals surface area contributed by atoms with Crippen molar-refractivity contribution in [1.29, 1.82) is 0 Å². The number of aromatic nitrogens is 1. The molecule has 1 aromatic heterocycles. The van der Waals surface area contributed by atoms with Gasteiger partial charge in [0.15, 0.2) is 0 Å². The summed E-state index contributed by atoms with van der Waals surface area (Å²) in [7, 11) is 1.68. The van der Waals surface area contributed by atoms with Crippen LogP contribution >= 0.6 is 0 Å². The highest BCUT2D eigenvalue weighted by Crippen LogP contribution is 2.29. The zero-order valence-electron chi connectivity index (χ0n) is 15.1. The number of rotatable bonds is 3. The molecule has 4 heteroatoms. The second kappa shape index (κ2) is 7.24. The average molecular weight is 348 g/mol. The summed E-state index contributed by atoms with van der Waals surface area (Å²) < 4.78 is 5.26. The SMILES string of the molecule is COc1ccc([C@@H]2CCCCN(C(=O)c3ccc4[nH]ccc4c3)C2)cc1. The number of nitrogens with zero attached hydrogens (tertiary/aromatic N) is 1. The maximum absolute atomic E-state index is 13.1. The number of carbonyl (C=O) groups is 1. The van der Waals surface area contributed by atoms with Crippen LogP contribution in [0.25, 0.3) is 10.9 Å². The lowest BCUT2D eigenvalue weighted by molar-refractivity contribution is 0.0754. The molecular formula is C22H24N2O2. The average Bonchev–Trinajstić information content (AvgIpc) is 3.02. The molecule has 0 unspecified atom stereocenters. The predicted octanol–water partition coefficient (Wildman–Crippen LogP) is 4.59. The maximum atomic E-state index is 13.1. The first kappa shape index (κ1) is 16.7. The van der Waals surface area contributed by atoms with Crippen LogP contribution in [0.15, 0.2) is 54.7 Å². The fraction of sp³-hybridized carbons (Fsp3) is 0.318. The molecule has 3 aromatic rings. The standard InChI is InChI=1S/C22H24N2O2/c1-26-20-8-5-16(6-9-20)19-4-2-3-13-24(15-19)22(25)18-7-10-21-17(14-18)11-12-23-21/h5-12,14,19,23H,2-4,13,15H2,1H3/t19-/m1/s1. The summed E-state index contributed by atoms with van der Waals surface area (Å²) in [6.07, 6.45) is 5.24. The molecule has 0 spiro atoms. The van der Waals surface area contributed by atoms with Crippen molar-refractivity contribution < 1.29 is 9.53 Å². The number of ether oxygens (including phenoxy) is 1. The van der Waals surface area contributed by atoms with Crippen molar-refractivity contribution in [1.82, 2.24) is 9.88 Å². The van der Waals surface area contributed by atoms with E-state index in [-0.39, 0.29) is 5.91 Å². The van der Waals surface area contributed by atoms with Crippen LogP contribution < -0.4 is 4.74 Å². The molecule has 1 N–H and O–H groups in total. The highest BCUT2D eigenvalue weighted by molar-refractivity contribution is 5.98. The van der Waals surface area contributed by atoms with Crippen molar-refractivity contribution in [3.8, 4) is 5.75 Å². The second-order valence-electron chi connectivity index (χ2n) is 7.00. The van der Waals surface area contributed by atoms with Gasteiger partial charge in [-0.1, -0.05) is 18.6 Å². The van der Waals surface area contributed by atoms with Crippen LogP contribution in [0, 0.1) is 0 Å². The topological polar surface area (TPSA) is 45.3 Å². The molecule has 4 rings (SSSR count). The molecule has 26 heavy (non-hydrogen) atoms. The van der Waals surface area contributed by atoms with E-state index in [2.05, 4.69) is 17.1 Å². The molecule has 1 saturated heterocycles. The minimum atomic E-state index is 0.133. The van der Waals surface area contributed by atoms with Gasteiger partial charge in [-0.25, -0.2) is 0 Å². The molecule has 4 nitrogen and oxygen atoms in total. The number of aromatic amines is 1. The molecule has 1 atom stereocenters. The number of hydrogen-bond donors (Lipinski definition) is 1. The monoisotopic (exact) mass is 348 g/mol. The molecule has 1 amide bonds. The van der Waals surface area contributed by atoms with Crippen molar-refractivity contribution in [2.24, 2.45) is 0 Å². The van der Waals surface area contributed by atoms with Gasteiger partial charge in [0.25, 0.3) is 5.91 Å². The quantitative estimate of drug-likeness (QED) is 0.753. The predicted molar refractivity (Wildman–Crippen MR) is 104 cm³/mol. The number of methoxy groups -OCH3 is 1. The lowest BCUT2D eigenvalue weighted by Crippen LogP contribution is -2.34. The molecule has 134 valence electrons. The summed E-state index contributed by atoms with van der Waals surface area (Å²) in [5, 5.41) is 1.08. The van der Waals surface area contributed by atoms with Gasteiger partial charge in [-0.05, 0) is 54.8 Å². The Morgan fingerprint density at radius 2 is 1.96 bits per heavy atom. The number of fused-ring (bicyclic) bond motifs is 1. The van der Waals surface area contributed by atoms with E-state index in [1.807, 2.05) is 47.5 Å². The lowest BCUT2D eigenvalue weighted by atomic mass is 9.94. The lowest BCUT2D eigenvalue weighted by Gasteiger charge is -2.25. The Kier molecular flexibility index (Phi) is 4.65. The Morgan fingerprint density at radius 3 is 2.77 bits per heavy atom. The van der Waals surface area contributed by atoms with Gasteiger partial charge in [0.05, 0.1) is 7.11 Å². The molecule has 2 heterocycles. The van der Waals surface area contributed by atoms with E-state index in [0.29, 0.717) is 5.92 Å². The summed E-state index contributed by atoms with van der Waals surface area (Å²) in [5.41, 5.74) is 3.12. The van der Waals surface area contributed by atoms with E-state index >= 15 is 0 Å². The Balaban J connectivity index is 1.55. The van der Waals surface area contributed by atoms with Gasteiger partial charge in [-0.3, -0.25) is 4.79 Å². The van der Waals surface area contributed by atoms with E-state index in [1.165, 1.54) is 5.56 Å². The Bertz CT molecular complexity index is 898. The Hall–Kier alpha value is -2.75. The number of likely N-dealkylation sites (tertiary alicyclic amines) is 1. The molecule has 0 bridgehead atoms. The van der Waals surface area contributed by atoms with Gasteiger partial charge in [-0.2, -0.15) is 0 Å². The fourth-order valence-corrected chi connectivity index (χ4v) is 3.84. The number of H-pyrrole nitrogens is 1. The molecular weight excluding hydrogens is 324 g/mol. The normalized spacial score (nSPS) is 17.9. The number of amides is 1. The first-order valence-corrected chi connectivity index (χ1v) is 9.25. The van der Waals surface area contributed by atoms with Crippen LogP contribution in [0.1, 0.15) is 41.1 Å². The van der Waals surface area contributed by atoms with Crippen molar-refractivity contribution in [3.63, 3.8) is 0 Å². The first-order valence-electron chi connectivity index (χ1n) is 9.25. The zero-order chi connectivity index (χ0) is 17.9. The largest absolute Gasteiger partial charge is 0.497 e. The molecule has 0 radical (unpaired) electrons. The van der Waals surface area contributed by atoms with Crippen molar-refractivity contribution >= 4 is 16.8 Å². The number of carbonyl (C=O) groups excluding carboxylic acids is 1. The van der Waals surface area contributed by atoms with Crippen molar-refractivity contribution in [3.05, 3.63) is 65.9 Å². The van der Waals surface area contributed by atoms with Crippen LogP contribution in [0.5, 0.6) is 5.75 Å². The van der Waals surface area contributed by atoms with Gasteiger partial charge in [0.1, 0.15) is 5.75 Å². The van der Waals surface area contributed by atoms with Crippen LogP contribution in [-0.2, 0) is 0 Å². The summed E-state index contributed by atoms with van der Waals surface area (Å²) in [4.78, 5) is 18.3. The van der Waals surface area contributed by atoms with Crippen LogP contribution in [0.4, 0.5) is 0 Å². The molecule has 1 fully saturated rings. The summed E-state index contributed by atoms with van der Waals surface area (Å²) in [6.45, 7) is 1.60. The minimum absolute atomic E-state index is 0.133. The smallest absolute Gasteiger partial charge is 0.253 e. The third kappa shape index (κ3) is 3.32. The molecule has 0 aliphatic carbocycles. The van der Waals surface area contributed by atoms with E-state index < -0.39 is 0 Å². The third-order valence-electron chi connectivity index (χ3n) is 5.35. The summed E-state index contributed by atoms with van der Waals surface area (Å²) in [6, 6.07) is 16.2. The van der Waals surface area contributed by atoms with Gasteiger partial charge in [-0.15, -0.1) is 0 Å². The molecule has 0 saturated carbocycles. The zero-order valence-corrected chi connectivity index (χ0v) is 15.1. The third-order valence-corrected chi connectivity index (χ3v) is 5.35. The van der Waals surface area contributed by atoms with Gasteiger partial charge in [0.2, 0.25) is 0 Å². The maximum Gasteiger partial charge on any atom is 0.253 e. The van der Waals surface area contributed by atoms with Crippen molar-refractivity contribution in [2.45, 2.75) is 25.2 Å². The fourth-order valence-electron chi connectivity index (χ4n) is 3.84. The Morgan fingerprint density at radius 1 is 1.12 bits per heavy atom. The minimum Gasteiger partial charge on any atom is -0.497 e. The number of hydrogen-bond acceptors (Lipinski definition) is 2. The van der Waals surface area contributed by atoms with Crippen LogP contribution in [0.2, 0.25) is 0 Å². The Labute approximate surface area is 153 Å². The second-order valence-corrected chi connectivity index (χ2v) is 7.00. The molecule has 1 aliphatic heterocycles. The molecule has 1 aliphatic rings. The van der Waals surface area contributed by atoms with Crippen molar-refractivity contribution in [2.75, 3.05) is 20.2 Å². The van der Waals surface area contributed by atoms with E-state index in [0.717, 1.165) is 54.6 Å². The van der Waals surface area contributed by atoms with E-state index in [9.17, 15) is 4.79 Å². The summed E-state index contributed by atoms with van der Waals surface area (Å²) >= 11 is 0. The highest BCUT2D eigenvalue weighted by Gasteiger charge is 2.24. The van der Waals surface area contributed by atoms with Crippen LogP contribution in [0.3, 0.4) is 0 Å². The van der Waals surface area contributed by atoms with Gasteiger partial charge >= 0.3 is 0 Å². The highest BCUT2D eigenvalue weighted by atomic mass is 16.5. The molecule has 2 aromatic carbocycles. The van der Waals surface area contributed by atoms with Crippen LogP contribution in [-0.4, -0.2) is 36.0 Å². The van der Waals surface area contributed by atoms with E-state index in [4.69, 9.17) is 4.74 Å². The van der Waals surface area contributed by atoms with E-state index in [1.54, 1.807) is 7.11 Å². The van der Waals surface area contributed by atoms with Gasteiger partial charge < -0.3 is 14.6 Å².